The second-order valence-electron chi connectivity index (χ2n) is 5.82. The summed E-state index contributed by atoms with van der Waals surface area (Å²) < 4.78 is 10.2. The van der Waals surface area contributed by atoms with Crippen LogP contribution < -0.4 is 15.8 Å². The number of aliphatic carboxylic acids is 2. The zero-order chi connectivity index (χ0) is 20.7. The number of anilines is 1. The molecule has 1 amide bonds. The molecule has 2 aromatic rings. The number of amides is 1. The fourth-order valence-corrected chi connectivity index (χ4v) is 2.33. The SMILES string of the molecule is COc1ccc(C(=O)Nc2cccc(CO[C@H](C(=O)O)[C@H](N)C(=O)O)c2)cc1. The zero-order valence-corrected chi connectivity index (χ0v) is 15.0. The highest BCUT2D eigenvalue weighted by molar-refractivity contribution is 6.04. The fraction of sp³-hybridized carbons (Fsp3) is 0.211. The van der Waals surface area contributed by atoms with E-state index < -0.39 is 24.1 Å². The molecule has 0 aliphatic heterocycles. The molecule has 0 fully saturated rings. The lowest BCUT2D eigenvalue weighted by atomic mass is 10.1. The Bertz CT molecular complexity index is 852. The van der Waals surface area contributed by atoms with Gasteiger partial charge < -0.3 is 30.7 Å². The first kappa shape index (κ1) is 20.9. The van der Waals surface area contributed by atoms with Crippen molar-refractivity contribution in [3.05, 3.63) is 59.7 Å². The van der Waals surface area contributed by atoms with Crippen LogP contribution in [0.15, 0.2) is 48.5 Å². The summed E-state index contributed by atoms with van der Waals surface area (Å²) in [5.74, 6) is -2.66. The van der Waals surface area contributed by atoms with Crippen molar-refractivity contribution in [2.45, 2.75) is 18.8 Å². The van der Waals surface area contributed by atoms with Crippen LogP contribution >= 0.6 is 0 Å². The van der Waals surface area contributed by atoms with Gasteiger partial charge in [0.15, 0.2) is 6.10 Å². The highest BCUT2D eigenvalue weighted by atomic mass is 16.5. The van der Waals surface area contributed by atoms with Crippen LogP contribution in [0.5, 0.6) is 5.75 Å². The Morgan fingerprint density at radius 1 is 1.07 bits per heavy atom. The highest BCUT2D eigenvalue weighted by Gasteiger charge is 2.31. The number of carboxylic acids is 2. The van der Waals surface area contributed by atoms with Gasteiger partial charge in [0.1, 0.15) is 11.8 Å². The Labute approximate surface area is 160 Å². The normalized spacial score (nSPS) is 12.6. The minimum absolute atomic E-state index is 0.190. The molecule has 0 aliphatic rings. The number of ether oxygens (including phenoxy) is 2. The number of methoxy groups -OCH3 is 1. The van der Waals surface area contributed by atoms with Gasteiger partial charge in [-0.05, 0) is 42.0 Å². The second kappa shape index (κ2) is 9.49. The van der Waals surface area contributed by atoms with E-state index in [9.17, 15) is 14.4 Å². The summed E-state index contributed by atoms with van der Waals surface area (Å²) in [6, 6.07) is 11.4. The molecule has 0 radical (unpaired) electrons. The molecule has 9 nitrogen and oxygen atoms in total. The number of hydrogen-bond donors (Lipinski definition) is 4. The molecule has 2 rings (SSSR count). The summed E-state index contributed by atoms with van der Waals surface area (Å²) in [5, 5.41) is 20.6. The van der Waals surface area contributed by atoms with Crippen LogP contribution in [0.3, 0.4) is 0 Å². The van der Waals surface area contributed by atoms with E-state index in [2.05, 4.69) is 5.32 Å². The Hall–Kier alpha value is -3.43. The van der Waals surface area contributed by atoms with E-state index in [1.807, 2.05) is 0 Å². The third kappa shape index (κ3) is 5.53. The smallest absolute Gasteiger partial charge is 0.335 e. The van der Waals surface area contributed by atoms with Gasteiger partial charge in [-0.25, -0.2) is 4.79 Å². The van der Waals surface area contributed by atoms with Crippen LogP contribution in [-0.4, -0.2) is 47.3 Å². The molecule has 9 heteroatoms. The third-order valence-corrected chi connectivity index (χ3v) is 3.82. The van der Waals surface area contributed by atoms with Crippen molar-refractivity contribution in [1.29, 1.82) is 0 Å². The predicted octanol–water partition coefficient (Wildman–Crippen LogP) is 1.33. The molecule has 0 unspecified atom stereocenters. The van der Waals surface area contributed by atoms with Crippen molar-refractivity contribution in [2.75, 3.05) is 12.4 Å². The van der Waals surface area contributed by atoms with Gasteiger partial charge in [0.25, 0.3) is 5.91 Å². The van der Waals surface area contributed by atoms with Gasteiger partial charge in [0, 0.05) is 11.3 Å². The number of benzene rings is 2. The van der Waals surface area contributed by atoms with Gasteiger partial charge >= 0.3 is 11.9 Å². The molecule has 0 aromatic heterocycles. The Morgan fingerprint density at radius 2 is 1.75 bits per heavy atom. The lowest BCUT2D eigenvalue weighted by Gasteiger charge is -2.17. The second-order valence-corrected chi connectivity index (χ2v) is 5.82. The number of carbonyl (C=O) groups is 3. The Balaban J connectivity index is 2.03. The van der Waals surface area contributed by atoms with Crippen LogP contribution in [0.4, 0.5) is 5.69 Å². The molecule has 0 aliphatic carbocycles. The fourth-order valence-electron chi connectivity index (χ4n) is 2.33. The standard InChI is InChI=1S/C19H20N2O7/c1-27-14-7-5-12(6-8-14)17(22)21-13-4-2-3-11(9-13)10-28-16(19(25)26)15(20)18(23)24/h2-9,15-16H,10,20H2,1H3,(H,21,22)(H,23,24)(H,25,26)/t15-,16-/m0/s1. The first-order valence-corrected chi connectivity index (χ1v) is 8.19. The van der Waals surface area contributed by atoms with Crippen molar-refractivity contribution in [3.63, 3.8) is 0 Å². The number of nitrogens with two attached hydrogens (primary N) is 1. The molecule has 5 N–H and O–H groups in total. The Morgan fingerprint density at radius 3 is 2.32 bits per heavy atom. The molecular formula is C19H20N2O7. The summed E-state index contributed by atoms with van der Waals surface area (Å²) in [6.45, 7) is -0.190. The number of carbonyl (C=O) groups excluding carboxylic acids is 1. The molecular weight excluding hydrogens is 368 g/mol. The topological polar surface area (TPSA) is 148 Å². The van der Waals surface area contributed by atoms with Crippen LogP contribution in [0.2, 0.25) is 0 Å². The molecule has 0 heterocycles. The van der Waals surface area contributed by atoms with Crippen LogP contribution in [0.1, 0.15) is 15.9 Å². The summed E-state index contributed by atoms with van der Waals surface area (Å²) in [4.78, 5) is 34.3. The molecule has 2 aromatic carbocycles. The van der Waals surface area contributed by atoms with Crippen molar-refractivity contribution >= 4 is 23.5 Å². The number of carboxylic acid groups (broad SMARTS) is 2. The van der Waals surface area contributed by atoms with Crippen LogP contribution in [0, 0.1) is 0 Å². The van der Waals surface area contributed by atoms with E-state index in [1.165, 1.54) is 7.11 Å². The van der Waals surface area contributed by atoms with E-state index in [4.69, 9.17) is 25.4 Å². The lowest BCUT2D eigenvalue weighted by Crippen LogP contribution is -2.47. The van der Waals surface area contributed by atoms with Gasteiger partial charge in [0.2, 0.25) is 0 Å². The quantitative estimate of drug-likeness (QED) is 0.503. The summed E-state index contributed by atoms with van der Waals surface area (Å²) >= 11 is 0. The first-order valence-electron chi connectivity index (χ1n) is 8.19. The van der Waals surface area contributed by atoms with E-state index >= 15 is 0 Å². The molecule has 0 bridgehead atoms. The average molecular weight is 388 g/mol. The maximum atomic E-state index is 12.3. The summed E-state index contributed by atoms with van der Waals surface area (Å²) in [6.07, 6.45) is -1.70. The summed E-state index contributed by atoms with van der Waals surface area (Å²) in [7, 11) is 1.53. The number of rotatable bonds is 9. The van der Waals surface area contributed by atoms with Crippen molar-refractivity contribution in [3.8, 4) is 5.75 Å². The Kier molecular flexibility index (Phi) is 7.08. The molecule has 148 valence electrons. The molecule has 2 atom stereocenters. The minimum atomic E-state index is -1.70. The number of nitrogens with one attached hydrogen (secondary N) is 1. The maximum Gasteiger partial charge on any atom is 0.335 e. The third-order valence-electron chi connectivity index (χ3n) is 3.82. The monoisotopic (exact) mass is 388 g/mol. The van der Waals surface area contributed by atoms with Gasteiger partial charge in [-0.15, -0.1) is 0 Å². The molecule has 0 saturated heterocycles. The van der Waals surface area contributed by atoms with Crippen LogP contribution in [0.25, 0.3) is 0 Å². The van der Waals surface area contributed by atoms with E-state index in [0.717, 1.165) is 0 Å². The van der Waals surface area contributed by atoms with Crippen molar-refractivity contribution in [2.24, 2.45) is 5.73 Å². The highest BCUT2D eigenvalue weighted by Crippen LogP contribution is 2.16. The van der Waals surface area contributed by atoms with Gasteiger partial charge in [-0.3, -0.25) is 9.59 Å². The zero-order valence-electron chi connectivity index (χ0n) is 15.0. The van der Waals surface area contributed by atoms with E-state index in [-0.39, 0.29) is 12.5 Å². The molecule has 0 saturated carbocycles. The predicted molar refractivity (Wildman–Crippen MR) is 99.2 cm³/mol. The van der Waals surface area contributed by atoms with E-state index in [0.29, 0.717) is 22.6 Å². The minimum Gasteiger partial charge on any atom is -0.497 e. The van der Waals surface area contributed by atoms with Gasteiger partial charge in [-0.2, -0.15) is 0 Å². The summed E-state index contributed by atoms with van der Waals surface area (Å²) in [5.41, 5.74) is 6.77. The maximum absolute atomic E-state index is 12.3. The van der Waals surface area contributed by atoms with E-state index in [1.54, 1.807) is 48.5 Å². The van der Waals surface area contributed by atoms with Gasteiger partial charge in [-0.1, -0.05) is 12.1 Å². The van der Waals surface area contributed by atoms with Crippen LogP contribution in [-0.2, 0) is 20.9 Å². The van der Waals surface area contributed by atoms with Crippen molar-refractivity contribution in [1.82, 2.24) is 0 Å². The average Bonchev–Trinajstić information content (AvgIpc) is 2.68. The molecule has 0 spiro atoms. The van der Waals surface area contributed by atoms with Gasteiger partial charge in [0.05, 0.1) is 13.7 Å². The molecule has 28 heavy (non-hydrogen) atoms. The lowest BCUT2D eigenvalue weighted by molar-refractivity contribution is -0.159. The first-order chi connectivity index (χ1) is 13.3. The van der Waals surface area contributed by atoms with Crippen molar-refractivity contribution < 1.29 is 34.1 Å². The number of hydrogen-bond acceptors (Lipinski definition) is 6. The largest absolute Gasteiger partial charge is 0.497 e.